The lowest BCUT2D eigenvalue weighted by atomic mass is 10.0. The molecule has 0 radical (unpaired) electrons. The van der Waals surface area contributed by atoms with Gasteiger partial charge in [-0.1, -0.05) is 463 Å². The van der Waals surface area contributed by atoms with Crippen molar-refractivity contribution in [2.24, 2.45) is 0 Å². The highest BCUT2D eigenvalue weighted by atomic mass is 16.5. The van der Waals surface area contributed by atoms with Gasteiger partial charge in [0.2, 0.25) is 5.91 Å². The minimum absolute atomic E-state index is 0.0227. The molecule has 0 aromatic rings. The topological polar surface area (TPSA) is 95.9 Å². The standard InChI is InChI=1S/C84H167NO5/c1-3-5-7-9-11-13-15-17-19-20-21-22-23-37-40-43-46-49-52-56-60-64-68-72-76-82(87)81(80-86)85-83(88)77-73-69-65-61-57-53-50-47-44-41-38-35-33-31-29-27-25-24-26-28-30-32-34-36-39-42-45-48-51-55-59-63-67-71-75-79-90-84(89)78-74-70-66-62-58-54-18-16-14-12-10-8-6-4-2/h81-82,86-87H,3-80H2,1-2H3,(H,85,88). The second-order valence-electron chi connectivity index (χ2n) is 29.5. The van der Waals surface area contributed by atoms with Crippen molar-refractivity contribution in [1.29, 1.82) is 0 Å². The number of aliphatic hydroxyl groups excluding tert-OH is 2. The van der Waals surface area contributed by atoms with Crippen LogP contribution in [-0.4, -0.2) is 47.4 Å². The van der Waals surface area contributed by atoms with Gasteiger partial charge in [0.15, 0.2) is 0 Å². The maximum absolute atomic E-state index is 12.6. The summed E-state index contributed by atoms with van der Waals surface area (Å²) in [5.74, 6) is 0.00376. The molecule has 3 N–H and O–H groups in total. The van der Waals surface area contributed by atoms with Crippen LogP contribution >= 0.6 is 0 Å². The molecule has 538 valence electrons. The molecule has 2 atom stereocenters. The van der Waals surface area contributed by atoms with E-state index < -0.39 is 12.1 Å². The normalized spacial score (nSPS) is 12.4. The van der Waals surface area contributed by atoms with Crippen LogP contribution in [0.25, 0.3) is 0 Å². The molecule has 0 spiro atoms. The SMILES string of the molecule is CCCCCCCCCCCCCCCCCCCCCCCCCCC(O)C(CO)NC(=O)CCCCCCCCCCCCCCCCCCCCCCCCCCCCCCCCCCCCCOC(=O)CCCCCCCCCCCCCCCC. The summed E-state index contributed by atoms with van der Waals surface area (Å²) in [6.07, 6.45) is 101. The molecule has 0 fully saturated rings. The maximum atomic E-state index is 12.6. The van der Waals surface area contributed by atoms with Crippen molar-refractivity contribution in [2.45, 2.75) is 514 Å². The molecule has 0 saturated carbocycles. The Kier molecular flexibility index (Phi) is 79.3. The van der Waals surface area contributed by atoms with Crippen LogP contribution in [0, 0.1) is 0 Å². The molecule has 90 heavy (non-hydrogen) atoms. The third-order valence-corrected chi connectivity index (χ3v) is 20.4. The Balaban J connectivity index is 3.31. The molecule has 0 aliphatic rings. The van der Waals surface area contributed by atoms with Crippen LogP contribution in [0.2, 0.25) is 0 Å². The molecule has 0 rings (SSSR count). The number of nitrogens with one attached hydrogen (secondary N) is 1. The first-order chi connectivity index (χ1) is 44.5. The highest BCUT2D eigenvalue weighted by Gasteiger charge is 2.20. The van der Waals surface area contributed by atoms with E-state index in [-0.39, 0.29) is 18.5 Å². The Morgan fingerprint density at radius 3 is 0.678 bits per heavy atom. The molecule has 0 bridgehead atoms. The molecule has 0 aromatic carbocycles. The van der Waals surface area contributed by atoms with Crippen molar-refractivity contribution in [3.8, 4) is 0 Å². The predicted molar refractivity (Wildman–Crippen MR) is 398 cm³/mol. The molecule has 0 aromatic heterocycles. The van der Waals surface area contributed by atoms with Crippen molar-refractivity contribution in [2.75, 3.05) is 13.2 Å². The van der Waals surface area contributed by atoms with E-state index >= 15 is 0 Å². The van der Waals surface area contributed by atoms with Crippen LogP contribution in [0.1, 0.15) is 502 Å². The van der Waals surface area contributed by atoms with Crippen LogP contribution in [0.5, 0.6) is 0 Å². The van der Waals surface area contributed by atoms with E-state index in [0.717, 1.165) is 38.5 Å². The monoisotopic (exact) mass is 1270 g/mol. The number of ether oxygens (including phenoxy) is 1. The van der Waals surface area contributed by atoms with Gasteiger partial charge in [-0.25, -0.2) is 0 Å². The molecule has 6 heteroatoms. The van der Waals surface area contributed by atoms with E-state index in [0.29, 0.717) is 25.9 Å². The van der Waals surface area contributed by atoms with E-state index in [1.54, 1.807) is 0 Å². The van der Waals surface area contributed by atoms with Gasteiger partial charge < -0.3 is 20.3 Å². The van der Waals surface area contributed by atoms with Crippen LogP contribution in [-0.2, 0) is 14.3 Å². The van der Waals surface area contributed by atoms with Gasteiger partial charge >= 0.3 is 5.97 Å². The number of hydrogen-bond donors (Lipinski definition) is 3. The molecular formula is C84H167NO5. The van der Waals surface area contributed by atoms with E-state index in [9.17, 15) is 19.8 Å². The second-order valence-corrected chi connectivity index (χ2v) is 29.5. The Labute approximate surface area is 566 Å². The molecule has 6 nitrogen and oxygen atoms in total. The highest BCUT2D eigenvalue weighted by molar-refractivity contribution is 5.76. The Hall–Kier alpha value is -1.14. The average molecular weight is 1270 g/mol. The van der Waals surface area contributed by atoms with Crippen LogP contribution < -0.4 is 5.32 Å². The summed E-state index contributed by atoms with van der Waals surface area (Å²) >= 11 is 0. The summed E-state index contributed by atoms with van der Waals surface area (Å²) < 4.78 is 5.51. The fourth-order valence-electron chi connectivity index (χ4n) is 14.0. The quantitative estimate of drug-likeness (QED) is 0.0417. The maximum Gasteiger partial charge on any atom is 0.305 e. The van der Waals surface area contributed by atoms with Gasteiger partial charge in [0.1, 0.15) is 0 Å². The van der Waals surface area contributed by atoms with E-state index in [4.69, 9.17) is 4.74 Å². The number of aliphatic hydroxyl groups is 2. The van der Waals surface area contributed by atoms with Crippen molar-refractivity contribution < 1.29 is 24.5 Å². The van der Waals surface area contributed by atoms with Crippen molar-refractivity contribution in [1.82, 2.24) is 5.32 Å². The first-order valence-electron chi connectivity index (χ1n) is 42.3. The second kappa shape index (κ2) is 80.3. The lowest BCUT2D eigenvalue weighted by Crippen LogP contribution is -2.45. The Morgan fingerprint density at radius 2 is 0.456 bits per heavy atom. The first kappa shape index (κ1) is 88.9. The zero-order valence-corrected chi connectivity index (χ0v) is 61.9. The number of amides is 1. The van der Waals surface area contributed by atoms with Crippen LogP contribution in [0.15, 0.2) is 0 Å². The summed E-state index contributed by atoms with van der Waals surface area (Å²) in [6, 6.07) is -0.538. The average Bonchev–Trinajstić information content (AvgIpc) is 3.69. The molecule has 0 aliphatic carbocycles. The number of unbranched alkanes of at least 4 members (excludes halogenated alkanes) is 70. The number of esters is 1. The lowest BCUT2D eigenvalue weighted by Gasteiger charge is -2.22. The zero-order valence-electron chi connectivity index (χ0n) is 61.9. The molecular weight excluding hydrogens is 1100 g/mol. The van der Waals surface area contributed by atoms with E-state index in [1.807, 2.05) is 0 Å². The van der Waals surface area contributed by atoms with Crippen molar-refractivity contribution in [3.63, 3.8) is 0 Å². The van der Waals surface area contributed by atoms with Crippen LogP contribution in [0.4, 0.5) is 0 Å². The van der Waals surface area contributed by atoms with Gasteiger partial charge in [-0.2, -0.15) is 0 Å². The smallest absolute Gasteiger partial charge is 0.305 e. The minimum atomic E-state index is -0.661. The minimum Gasteiger partial charge on any atom is -0.466 e. The largest absolute Gasteiger partial charge is 0.466 e. The molecule has 2 unspecified atom stereocenters. The van der Waals surface area contributed by atoms with Gasteiger partial charge in [0.05, 0.1) is 25.4 Å². The molecule has 0 aliphatic heterocycles. The molecule has 1 amide bonds. The van der Waals surface area contributed by atoms with Gasteiger partial charge in [-0.3, -0.25) is 9.59 Å². The van der Waals surface area contributed by atoms with Gasteiger partial charge in [-0.05, 0) is 25.7 Å². The number of rotatable bonds is 81. The summed E-state index contributed by atoms with van der Waals surface area (Å²) in [7, 11) is 0. The summed E-state index contributed by atoms with van der Waals surface area (Å²) in [6.45, 7) is 5.03. The Bertz CT molecular complexity index is 1320. The lowest BCUT2D eigenvalue weighted by molar-refractivity contribution is -0.143. The number of carbonyl (C=O) groups is 2. The van der Waals surface area contributed by atoms with Gasteiger partial charge in [-0.15, -0.1) is 0 Å². The molecule has 0 heterocycles. The molecule has 0 saturated heterocycles. The fourth-order valence-corrected chi connectivity index (χ4v) is 14.0. The number of hydrogen-bond acceptors (Lipinski definition) is 5. The van der Waals surface area contributed by atoms with Gasteiger partial charge in [0.25, 0.3) is 0 Å². The first-order valence-corrected chi connectivity index (χ1v) is 42.3. The third kappa shape index (κ3) is 75.9. The third-order valence-electron chi connectivity index (χ3n) is 20.4. The summed E-state index contributed by atoms with van der Waals surface area (Å²) in [5.41, 5.74) is 0. The summed E-state index contributed by atoms with van der Waals surface area (Å²) in [5, 5.41) is 23.5. The number of carbonyl (C=O) groups excluding carboxylic acids is 2. The Morgan fingerprint density at radius 1 is 0.267 bits per heavy atom. The summed E-state index contributed by atoms with van der Waals surface area (Å²) in [4.78, 5) is 24.7. The predicted octanol–water partition coefficient (Wildman–Crippen LogP) is 28.1. The fraction of sp³-hybridized carbons (Fsp3) is 0.976. The van der Waals surface area contributed by atoms with E-state index in [1.165, 1.54) is 430 Å². The van der Waals surface area contributed by atoms with E-state index in [2.05, 4.69) is 19.2 Å². The highest BCUT2D eigenvalue weighted by Crippen LogP contribution is 2.21. The van der Waals surface area contributed by atoms with Gasteiger partial charge in [0, 0.05) is 12.8 Å². The zero-order chi connectivity index (χ0) is 64.9. The van der Waals surface area contributed by atoms with Crippen molar-refractivity contribution >= 4 is 11.9 Å². The van der Waals surface area contributed by atoms with Crippen molar-refractivity contribution in [3.05, 3.63) is 0 Å². The van der Waals surface area contributed by atoms with Crippen LogP contribution in [0.3, 0.4) is 0 Å².